The van der Waals surface area contributed by atoms with Gasteiger partial charge in [-0.25, -0.2) is 4.79 Å². The Bertz CT molecular complexity index is 336. The number of ether oxygens (including phenoxy) is 1. The summed E-state index contributed by atoms with van der Waals surface area (Å²) in [5.41, 5.74) is 1.18. The highest BCUT2D eigenvalue weighted by Gasteiger charge is 2.03. The third-order valence-electron chi connectivity index (χ3n) is 2.18. The summed E-state index contributed by atoms with van der Waals surface area (Å²) in [6.45, 7) is 1.85. The van der Waals surface area contributed by atoms with E-state index in [1.54, 1.807) is 6.07 Å². The van der Waals surface area contributed by atoms with Crippen LogP contribution >= 0.6 is 0 Å². The van der Waals surface area contributed by atoms with E-state index in [4.69, 9.17) is 9.99 Å². The highest BCUT2D eigenvalue weighted by atomic mass is 17.1. The summed E-state index contributed by atoms with van der Waals surface area (Å²) < 4.78 is 5.14. The van der Waals surface area contributed by atoms with Gasteiger partial charge in [0.25, 0.3) is 0 Å². The Kier molecular flexibility index (Phi) is 5.36. The fourth-order valence-electron chi connectivity index (χ4n) is 1.34. The van der Waals surface area contributed by atoms with Gasteiger partial charge in [-0.1, -0.05) is 25.5 Å². The Morgan fingerprint density at radius 3 is 2.94 bits per heavy atom. The molecule has 1 aromatic rings. The summed E-state index contributed by atoms with van der Waals surface area (Å²) in [6.07, 6.45) is 3.27. The van der Waals surface area contributed by atoms with Gasteiger partial charge in [0.1, 0.15) is 5.75 Å². The smallest absolute Gasteiger partial charge is 0.379 e. The van der Waals surface area contributed by atoms with E-state index in [9.17, 15) is 4.79 Å². The molecule has 88 valence electrons. The van der Waals surface area contributed by atoms with Crippen LogP contribution in [-0.4, -0.2) is 17.8 Å². The number of unbranched alkanes of at least 4 members (excludes halogenated alkanes) is 1. The lowest BCUT2D eigenvalue weighted by atomic mass is 10.1. The normalized spacial score (nSPS) is 9.88. The van der Waals surface area contributed by atoms with E-state index in [0.29, 0.717) is 5.75 Å². The maximum Gasteiger partial charge on any atom is 0.379 e. The second kappa shape index (κ2) is 6.85. The predicted octanol–water partition coefficient (Wildman–Crippen LogP) is 2.42. The molecule has 0 aliphatic heterocycles. The van der Waals surface area contributed by atoms with E-state index in [-0.39, 0.29) is 6.61 Å². The molecule has 0 spiro atoms. The van der Waals surface area contributed by atoms with Crippen molar-refractivity contribution in [1.82, 2.24) is 0 Å². The van der Waals surface area contributed by atoms with Crippen LogP contribution in [0.4, 0.5) is 0 Å². The molecule has 0 aliphatic rings. The zero-order valence-corrected chi connectivity index (χ0v) is 9.31. The summed E-state index contributed by atoms with van der Waals surface area (Å²) in [7, 11) is 0. The van der Waals surface area contributed by atoms with Crippen LogP contribution in [0.15, 0.2) is 24.3 Å². The molecule has 0 radical (unpaired) electrons. The molecule has 1 rings (SSSR count). The van der Waals surface area contributed by atoms with Gasteiger partial charge in [-0.3, -0.25) is 4.89 Å². The molecule has 4 nitrogen and oxygen atoms in total. The average molecular weight is 224 g/mol. The van der Waals surface area contributed by atoms with Gasteiger partial charge in [0.2, 0.25) is 0 Å². The largest absolute Gasteiger partial charge is 0.482 e. The highest BCUT2D eigenvalue weighted by Crippen LogP contribution is 2.15. The first-order chi connectivity index (χ1) is 7.76. The van der Waals surface area contributed by atoms with Crippen molar-refractivity contribution in [3.63, 3.8) is 0 Å². The molecule has 0 aromatic heterocycles. The molecule has 0 aliphatic carbocycles. The lowest BCUT2D eigenvalue weighted by Gasteiger charge is -2.06. The van der Waals surface area contributed by atoms with Crippen LogP contribution in [0.25, 0.3) is 0 Å². The second-order valence-corrected chi connectivity index (χ2v) is 3.50. The summed E-state index contributed by atoms with van der Waals surface area (Å²) >= 11 is 0. The van der Waals surface area contributed by atoms with Crippen molar-refractivity contribution in [1.29, 1.82) is 0 Å². The first kappa shape index (κ1) is 12.5. The first-order valence-electron chi connectivity index (χ1n) is 5.32. The quantitative estimate of drug-likeness (QED) is 0.595. The monoisotopic (exact) mass is 224 g/mol. The average Bonchev–Trinajstić information content (AvgIpc) is 2.34. The van der Waals surface area contributed by atoms with Crippen LogP contribution in [0.5, 0.6) is 5.75 Å². The lowest BCUT2D eigenvalue weighted by molar-refractivity contribution is -0.236. The van der Waals surface area contributed by atoms with Gasteiger partial charge in [-0.05, 0) is 30.5 Å². The lowest BCUT2D eigenvalue weighted by Crippen LogP contribution is -2.12. The van der Waals surface area contributed by atoms with Crippen LogP contribution < -0.4 is 4.74 Å². The number of carbonyl (C=O) groups excluding carboxylic acids is 1. The number of benzene rings is 1. The molecule has 0 unspecified atom stereocenters. The third-order valence-corrected chi connectivity index (χ3v) is 2.18. The van der Waals surface area contributed by atoms with Crippen molar-refractivity contribution in [3.05, 3.63) is 29.8 Å². The first-order valence-corrected chi connectivity index (χ1v) is 5.32. The molecular formula is C12H16O4. The van der Waals surface area contributed by atoms with E-state index in [0.717, 1.165) is 19.3 Å². The van der Waals surface area contributed by atoms with Crippen LogP contribution in [0.3, 0.4) is 0 Å². The zero-order chi connectivity index (χ0) is 11.8. The number of hydrogen-bond acceptors (Lipinski definition) is 4. The topological polar surface area (TPSA) is 55.8 Å². The van der Waals surface area contributed by atoms with Gasteiger partial charge in [0, 0.05) is 0 Å². The third kappa shape index (κ3) is 4.31. The molecule has 16 heavy (non-hydrogen) atoms. The predicted molar refractivity (Wildman–Crippen MR) is 59.3 cm³/mol. The standard InChI is InChI=1S/C12H16O4/c1-2-3-5-10-6-4-7-11(8-10)15-9-12(13)16-14/h4,6-8,14H,2-3,5,9H2,1H3. The minimum absolute atomic E-state index is 0.284. The van der Waals surface area contributed by atoms with Gasteiger partial charge >= 0.3 is 5.97 Å². The van der Waals surface area contributed by atoms with Gasteiger partial charge in [0.15, 0.2) is 6.61 Å². The van der Waals surface area contributed by atoms with Crippen molar-refractivity contribution < 1.29 is 19.7 Å². The number of aryl methyl sites for hydroxylation is 1. The van der Waals surface area contributed by atoms with E-state index < -0.39 is 5.97 Å². The molecule has 0 amide bonds. The Labute approximate surface area is 94.7 Å². The zero-order valence-electron chi connectivity index (χ0n) is 9.31. The summed E-state index contributed by atoms with van der Waals surface area (Å²) in [5, 5.41) is 8.05. The van der Waals surface area contributed by atoms with Crippen LogP contribution in [0, 0.1) is 0 Å². The van der Waals surface area contributed by atoms with Crippen LogP contribution in [-0.2, 0) is 16.1 Å². The Hall–Kier alpha value is -1.55. The highest BCUT2D eigenvalue weighted by molar-refractivity contribution is 5.70. The van der Waals surface area contributed by atoms with Crippen molar-refractivity contribution in [3.8, 4) is 5.75 Å². The van der Waals surface area contributed by atoms with Crippen LogP contribution in [0.1, 0.15) is 25.3 Å². The van der Waals surface area contributed by atoms with Crippen molar-refractivity contribution >= 4 is 5.97 Å². The molecular weight excluding hydrogens is 208 g/mol. The van der Waals surface area contributed by atoms with E-state index in [1.165, 1.54) is 5.56 Å². The minimum atomic E-state index is -0.807. The Balaban J connectivity index is 2.50. The molecule has 0 fully saturated rings. The molecule has 0 atom stereocenters. The molecule has 4 heteroatoms. The fraction of sp³-hybridized carbons (Fsp3) is 0.417. The maximum atomic E-state index is 10.6. The van der Waals surface area contributed by atoms with Gasteiger partial charge in [-0.2, -0.15) is 5.26 Å². The van der Waals surface area contributed by atoms with E-state index in [2.05, 4.69) is 11.8 Å². The summed E-state index contributed by atoms with van der Waals surface area (Å²) in [4.78, 5) is 14.1. The molecule has 0 saturated heterocycles. The Morgan fingerprint density at radius 1 is 1.44 bits per heavy atom. The van der Waals surface area contributed by atoms with Crippen molar-refractivity contribution in [2.45, 2.75) is 26.2 Å². The molecule has 0 heterocycles. The number of rotatable bonds is 6. The molecule has 1 N–H and O–H groups in total. The van der Waals surface area contributed by atoms with Crippen LogP contribution in [0.2, 0.25) is 0 Å². The van der Waals surface area contributed by atoms with Crippen molar-refractivity contribution in [2.24, 2.45) is 0 Å². The molecule has 0 saturated carbocycles. The Morgan fingerprint density at radius 2 is 2.25 bits per heavy atom. The maximum absolute atomic E-state index is 10.6. The van der Waals surface area contributed by atoms with E-state index in [1.807, 2.05) is 18.2 Å². The molecule has 0 bridgehead atoms. The number of hydrogen-bond donors (Lipinski definition) is 1. The van der Waals surface area contributed by atoms with Gasteiger partial charge in [0.05, 0.1) is 0 Å². The minimum Gasteiger partial charge on any atom is -0.482 e. The summed E-state index contributed by atoms with van der Waals surface area (Å²) in [6, 6.07) is 7.55. The summed E-state index contributed by atoms with van der Waals surface area (Å²) in [5.74, 6) is -0.196. The van der Waals surface area contributed by atoms with Gasteiger partial charge in [-0.15, -0.1) is 0 Å². The number of carbonyl (C=O) groups is 1. The van der Waals surface area contributed by atoms with Gasteiger partial charge < -0.3 is 4.74 Å². The fourth-order valence-corrected chi connectivity index (χ4v) is 1.34. The van der Waals surface area contributed by atoms with E-state index >= 15 is 0 Å². The molecule has 1 aromatic carbocycles. The van der Waals surface area contributed by atoms with Crippen molar-refractivity contribution in [2.75, 3.05) is 6.61 Å². The SMILES string of the molecule is CCCCc1cccc(OCC(=O)OO)c1. The second-order valence-electron chi connectivity index (χ2n) is 3.50.